The minimum atomic E-state index is 0.550. The van der Waals surface area contributed by atoms with Crippen LogP contribution in [0.25, 0.3) is 11.3 Å². The second-order valence-electron chi connectivity index (χ2n) is 4.12. The van der Waals surface area contributed by atoms with Crippen molar-refractivity contribution in [1.29, 1.82) is 0 Å². The molecule has 0 saturated heterocycles. The number of hydrogen-bond donors (Lipinski definition) is 1. The first kappa shape index (κ1) is 14.2. The van der Waals surface area contributed by atoms with Gasteiger partial charge in [-0.15, -0.1) is 11.3 Å². The van der Waals surface area contributed by atoms with Gasteiger partial charge >= 0.3 is 0 Å². The van der Waals surface area contributed by atoms with Crippen molar-refractivity contribution in [3.8, 4) is 11.3 Å². The van der Waals surface area contributed by atoms with E-state index in [1.54, 1.807) is 11.3 Å². The standard InChI is InChI=1S/C12H18N4OS2/c1-4-17-6-5-16(3)12-10(11(13)15-19-12)9-7-18-8(2)14-9/h7H,4-6H2,1-3H3,(H2,13,15). The fraction of sp³-hybridized carbons (Fsp3) is 0.500. The van der Waals surface area contributed by atoms with Crippen molar-refractivity contribution in [3.05, 3.63) is 10.4 Å². The Hall–Kier alpha value is -1.18. The molecule has 0 bridgehead atoms. The Morgan fingerprint density at radius 3 is 2.89 bits per heavy atom. The van der Waals surface area contributed by atoms with Crippen LogP contribution in [0.3, 0.4) is 0 Å². The van der Waals surface area contributed by atoms with Crippen molar-refractivity contribution < 1.29 is 4.74 Å². The number of nitrogen functional groups attached to an aromatic ring is 1. The van der Waals surface area contributed by atoms with Crippen LogP contribution >= 0.6 is 22.9 Å². The van der Waals surface area contributed by atoms with E-state index in [0.717, 1.165) is 34.4 Å². The van der Waals surface area contributed by atoms with Gasteiger partial charge in [0.25, 0.3) is 0 Å². The Kier molecular flexibility index (Phi) is 4.73. The predicted octanol–water partition coefficient (Wildman–Crippen LogP) is 2.63. The van der Waals surface area contributed by atoms with E-state index in [9.17, 15) is 0 Å². The van der Waals surface area contributed by atoms with E-state index in [1.807, 2.05) is 26.3 Å². The van der Waals surface area contributed by atoms with Crippen LogP contribution in [0.4, 0.5) is 10.8 Å². The zero-order valence-corrected chi connectivity index (χ0v) is 13.0. The molecular formula is C12H18N4OS2. The highest BCUT2D eigenvalue weighted by molar-refractivity contribution is 7.11. The third-order valence-corrected chi connectivity index (χ3v) is 4.45. The van der Waals surface area contributed by atoms with Gasteiger partial charge in [-0.1, -0.05) is 0 Å². The molecule has 0 unspecified atom stereocenters. The van der Waals surface area contributed by atoms with E-state index in [2.05, 4.69) is 14.3 Å². The molecule has 0 amide bonds. The Morgan fingerprint density at radius 2 is 2.26 bits per heavy atom. The molecule has 7 heteroatoms. The number of rotatable bonds is 6. The summed E-state index contributed by atoms with van der Waals surface area (Å²) in [7, 11) is 2.02. The summed E-state index contributed by atoms with van der Waals surface area (Å²) in [4.78, 5) is 6.62. The number of hydrogen-bond acceptors (Lipinski definition) is 7. The van der Waals surface area contributed by atoms with Gasteiger partial charge in [-0.25, -0.2) is 4.98 Å². The quantitative estimate of drug-likeness (QED) is 0.831. The lowest BCUT2D eigenvalue weighted by Gasteiger charge is -2.17. The number of anilines is 2. The van der Waals surface area contributed by atoms with Crippen LogP contribution in [-0.2, 0) is 4.74 Å². The predicted molar refractivity (Wildman–Crippen MR) is 82.1 cm³/mol. The second kappa shape index (κ2) is 6.31. The summed E-state index contributed by atoms with van der Waals surface area (Å²) >= 11 is 3.03. The van der Waals surface area contributed by atoms with E-state index < -0.39 is 0 Å². The smallest absolute Gasteiger partial charge is 0.148 e. The van der Waals surface area contributed by atoms with E-state index in [1.165, 1.54) is 11.5 Å². The first-order chi connectivity index (χ1) is 9.13. The summed E-state index contributed by atoms with van der Waals surface area (Å²) in [6.07, 6.45) is 0. The van der Waals surface area contributed by atoms with Crippen LogP contribution in [0.2, 0.25) is 0 Å². The van der Waals surface area contributed by atoms with Gasteiger partial charge in [0.05, 0.1) is 22.9 Å². The molecule has 0 atom stereocenters. The number of nitrogens with two attached hydrogens (primary N) is 1. The first-order valence-corrected chi connectivity index (χ1v) is 7.75. The van der Waals surface area contributed by atoms with Crippen LogP contribution < -0.4 is 10.6 Å². The number of ether oxygens (including phenoxy) is 1. The minimum Gasteiger partial charge on any atom is -0.382 e. The first-order valence-electron chi connectivity index (χ1n) is 6.10. The lowest BCUT2D eigenvalue weighted by molar-refractivity contribution is 0.154. The highest BCUT2D eigenvalue weighted by Gasteiger charge is 2.18. The molecule has 0 aliphatic heterocycles. The molecule has 0 radical (unpaired) electrons. The molecular weight excluding hydrogens is 280 g/mol. The molecule has 2 N–H and O–H groups in total. The van der Waals surface area contributed by atoms with Crippen molar-refractivity contribution in [2.75, 3.05) is 37.4 Å². The monoisotopic (exact) mass is 298 g/mol. The maximum absolute atomic E-state index is 5.98. The average molecular weight is 298 g/mol. The molecule has 5 nitrogen and oxygen atoms in total. The summed E-state index contributed by atoms with van der Waals surface area (Å²) in [6.45, 7) is 6.22. The van der Waals surface area contributed by atoms with Crippen molar-refractivity contribution in [2.45, 2.75) is 13.8 Å². The van der Waals surface area contributed by atoms with Gasteiger partial charge in [-0.3, -0.25) is 0 Å². The van der Waals surface area contributed by atoms with Gasteiger partial charge in [0, 0.05) is 25.6 Å². The molecule has 0 aromatic carbocycles. The molecule has 0 saturated carbocycles. The average Bonchev–Trinajstić information content (AvgIpc) is 2.95. The van der Waals surface area contributed by atoms with Crippen molar-refractivity contribution >= 4 is 33.7 Å². The minimum absolute atomic E-state index is 0.550. The SMILES string of the molecule is CCOCCN(C)c1snc(N)c1-c1csc(C)n1. The fourth-order valence-electron chi connectivity index (χ4n) is 1.72. The summed E-state index contributed by atoms with van der Waals surface area (Å²) in [5.41, 5.74) is 7.83. The third-order valence-electron chi connectivity index (χ3n) is 2.70. The maximum Gasteiger partial charge on any atom is 0.148 e. The molecule has 104 valence electrons. The molecule has 0 aliphatic carbocycles. The number of likely N-dealkylation sites (N-methyl/N-ethyl adjacent to an activating group) is 1. The van der Waals surface area contributed by atoms with Gasteiger partial charge in [0.1, 0.15) is 10.8 Å². The van der Waals surface area contributed by atoms with Gasteiger partial charge in [0.15, 0.2) is 0 Å². The molecule has 2 aromatic heterocycles. The van der Waals surface area contributed by atoms with E-state index in [0.29, 0.717) is 12.4 Å². The molecule has 2 rings (SSSR count). The van der Waals surface area contributed by atoms with E-state index >= 15 is 0 Å². The van der Waals surface area contributed by atoms with E-state index in [4.69, 9.17) is 10.5 Å². The number of thiazole rings is 1. The van der Waals surface area contributed by atoms with Crippen molar-refractivity contribution in [2.24, 2.45) is 0 Å². The molecule has 19 heavy (non-hydrogen) atoms. The van der Waals surface area contributed by atoms with Crippen LogP contribution in [0.1, 0.15) is 11.9 Å². The summed E-state index contributed by atoms with van der Waals surface area (Å²) in [5.74, 6) is 0.550. The summed E-state index contributed by atoms with van der Waals surface area (Å²) in [6, 6.07) is 0. The Morgan fingerprint density at radius 1 is 1.47 bits per heavy atom. The van der Waals surface area contributed by atoms with Crippen molar-refractivity contribution in [1.82, 2.24) is 9.36 Å². The Balaban J connectivity index is 2.22. The van der Waals surface area contributed by atoms with Crippen LogP contribution in [0.5, 0.6) is 0 Å². The largest absolute Gasteiger partial charge is 0.382 e. The molecule has 0 aliphatic rings. The molecule has 0 fully saturated rings. The zero-order valence-electron chi connectivity index (χ0n) is 11.3. The lowest BCUT2D eigenvalue weighted by atomic mass is 10.2. The van der Waals surface area contributed by atoms with Crippen LogP contribution in [0, 0.1) is 6.92 Å². The number of aromatic nitrogens is 2. The molecule has 0 spiro atoms. The van der Waals surface area contributed by atoms with Gasteiger partial charge in [-0.05, 0) is 25.4 Å². The van der Waals surface area contributed by atoms with Crippen LogP contribution in [-0.4, -0.2) is 36.2 Å². The summed E-state index contributed by atoms with van der Waals surface area (Å²) in [5, 5.41) is 4.10. The lowest BCUT2D eigenvalue weighted by Crippen LogP contribution is -2.22. The maximum atomic E-state index is 5.98. The fourth-order valence-corrected chi connectivity index (χ4v) is 3.13. The molecule has 2 heterocycles. The van der Waals surface area contributed by atoms with E-state index in [-0.39, 0.29) is 0 Å². The normalized spacial score (nSPS) is 10.9. The zero-order chi connectivity index (χ0) is 13.8. The second-order valence-corrected chi connectivity index (χ2v) is 5.93. The summed E-state index contributed by atoms with van der Waals surface area (Å²) < 4.78 is 9.63. The van der Waals surface area contributed by atoms with Crippen LogP contribution in [0.15, 0.2) is 5.38 Å². The Labute approximate surface area is 121 Å². The topological polar surface area (TPSA) is 64.3 Å². The van der Waals surface area contributed by atoms with Gasteiger partial charge in [0.2, 0.25) is 0 Å². The molecule has 2 aromatic rings. The third kappa shape index (κ3) is 3.23. The highest BCUT2D eigenvalue weighted by Crippen LogP contribution is 2.38. The van der Waals surface area contributed by atoms with Gasteiger partial charge in [-0.2, -0.15) is 4.37 Å². The highest BCUT2D eigenvalue weighted by atomic mass is 32.1. The number of aryl methyl sites for hydroxylation is 1. The van der Waals surface area contributed by atoms with Gasteiger partial charge < -0.3 is 15.4 Å². The van der Waals surface area contributed by atoms with Crippen molar-refractivity contribution in [3.63, 3.8) is 0 Å². The number of nitrogens with zero attached hydrogens (tertiary/aromatic N) is 3. The Bertz CT molecular complexity index is 538.